The van der Waals surface area contributed by atoms with Gasteiger partial charge in [0.15, 0.2) is 11.5 Å². The van der Waals surface area contributed by atoms with E-state index in [2.05, 4.69) is 26.5 Å². The number of rotatable bonds is 8. The average molecular weight is 522 g/mol. The second kappa shape index (κ2) is 11.2. The van der Waals surface area contributed by atoms with Crippen LogP contribution in [-0.4, -0.2) is 19.2 Å². The third-order valence-electron chi connectivity index (χ3n) is 4.23. The van der Waals surface area contributed by atoms with Crippen molar-refractivity contribution >= 4 is 51.3 Å². The Morgan fingerprint density at radius 3 is 2.55 bits per heavy atom. The van der Waals surface area contributed by atoms with Gasteiger partial charge in [-0.05, 0) is 56.9 Å². The van der Waals surface area contributed by atoms with Crippen LogP contribution in [-0.2, 0) is 17.8 Å². The lowest BCUT2D eigenvalue weighted by Crippen LogP contribution is -2.19. The van der Waals surface area contributed by atoms with E-state index in [-0.39, 0.29) is 18.9 Å². The lowest BCUT2D eigenvalue weighted by atomic mass is 10.1. The Hall–Kier alpha value is -2.54. The number of nitrogens with zero attached hydrogens (tertiary/aromatic N) is 1. The second-order valence-corrected chi connectivity index (χ2v) is 8.20. The predicted molar refractivity (Wildman–Crippen MR) is 127 cm³/mol. The highest BCUT2D eigenvalue weighted by Crippen LogP contribution is 2.37. The van der Waals surface area contributed by atoms with Gasteiger partial charge >= 0.3 is 0 Å². The van der Waals surface area contributed by atoms with Crippen LogP contribution in [0.15, 0.2) is 70.2 Å². The van der Waals surface area contributed by atoms with Crippen molar-refractivity contribution in [3.05, 3.63) is 91.9 Å². The van der Waals surface area contributed by atoms with E-state index in [1.807, 2.05) is 42.5 Å². The molecule has 3 aromatic rings. The van der Waals surface area contributed by atoms with Crippen LogP contribution in [0.1, 0.15) is 16.7 Å². The molecule has 0 radical (unpaired) electrons. The van der Waals surface area contributed by atoms with Crippen molar-refractivity contribution in [3.63, 3.8) is 0 Å². The zero-order chi connectivity index (χ0) is 22.2. The number of carbonyl (C=O) groups is 1. The fraction of sp³-hybridized carbons (Fsp3) is 0.130. The maximum Gasteiger partial charge on any atom is 0.244 e. The van der Waals surface area contributed by atoms with E-state index in [1.165, 1.54) is 0 Å². The number of hydrazone groups is 1. The number of amides is 1. The van der Waals surface area contributed by atoms with Crippen LogP contribution >= 0.6 is 39.1 Å². The number of halogens is 3. The number of hydrogen-bond donors (Lipinski definition) is 1. The van der Waals surface area contributed by atoms with Crippen molar-refractivity contribution in [3.8, 4) is 11.5 Å². The molecule has 0 heterocycles. The Labute approximate surface area is 199 Å². The van der Waals surface area contributed by atoms with Crippen LogP contribution in [0, 0.1) is 0 Å². The quantitative estimate of drug-likeness (QED) is 0.290. The number of carbonyl (C=O) groups excluding carboxylic acids is 1. The first-order valence-electron chi connectivity index (χ1n) is 9.26. The molecule has 0 spiro atoms. The number of nitrogens with one attached hydrogen (secondary N) is 1. The molecule has 0 atom stereocenters. The normalized spacial score (nSPS) is 10.8. The maximum atomic E-state index is 12.0. The third kappa shape index (κ3) is 6.72. The van der Waals surface area contributed by atoms with Gasteiger partial charge in [0.05, 0.1) is 34.3 Å². The van der Waals surface area contributed by atoms with Crippen LogP contribution in [0.5, 0.6) is 11.5 Å². The molecule has 0 saturated carbocycles. The second-order valence-electron chi connectivity index (χ2n) is 6.53. The van der Waals surface area contributed by atoms with Gasteiger partial charge in [0.2, 0.25) is 5.91 Å². The lowest BCUT2D eigenvalue weighted by Gasteiger charge is -2.14. The lowest BCUT2D eigenvalue weighted by molar-refractivity contribution is -0.120. The first kappa shape index (κ1) is 23.1. The molecule has 0 bridgehead atoms. The molecule has 0 unspecified atom stereocenters. The molecule has 0 aromatic heterocycles. The van der Waals surface area contributed by atoms with E-state index >= 15 is 0 Å². The Balaban J connectivity index is 1.64. The number of benzene rings is 3. The molecule has 5 nitrogen and oxygen atoms in total. The summed E-state index contributed by atoms with van der Waals surface area (Å²) in [4.78, 5) is 12.0. The van der Waals surface area contributed by atoms with Crippen LogP contribution in [0.2, 0.25) is 10.0 Å². The number of methoxy groups -OCH3 is 1. The molecule has 160 valence electrons. The summed E-state index contributed by atoms with van der Waals surface area (Å²) >= 11 is 15.5. The monoisotopic (exact) mass is 520 g/mol. The first-order chi connectivity index (χ1) is 15.0. The summed E-state index contributed by atoms with van der Waals surface area (Å²) in [5.41, 5.74) is 5.04. The number of hydrogen-bond acceptors (Lipinski definition) is 4. The minimum atomic E-state index is -0.199. The van der Waals surface area contributed by atoms with E-state index in [1.54, 1.807) is 31.5 Å². The van der Waals surface area contributed by atoms with Gasteiger partial charge in [-0.2, -0.15) is 5.10 Å². The van der Waals surface area contributed by atoms with E-state index < -0.39 is 0 Å². The molecule has 1 amide bonds. The van der Waals surface area contributed by atoms with E-state index in [0.717, 1.165) is 16.7 Å². The first-order valence-corrected chi connectivity index (χ1v) is 10.8. The van der Waals surface area contributed by atoms with Gasteiger partial charge in [0.25, 0.3) is 0 Å². The summed E-state index contributed by atoms with van der Waals surface area (Å²) < 4.78 is 12.1. The minimum Gasteiger partial charge on any atom is -0.493 e. The molecule has 3 rings (SSSR count). The van der Waals surface area contributed by atoms with Gasteiger partial charge in [-0.3, -0.25) is 4.79 Å². The van der Waals surface area contributed by atoms with Gasteiger partial charge in [-0.25, -0.2) is 5.43 Å². The summed E-state index contributed by atoms with van der Waals surface area (Å²) in [6.07, 6.45) is 1.80. The fourth-order valence-electron chi connectivity index (χ4n) is 2.74. The third-order valence-corrected chi connectivity index (χ3v) is 5.56. The summed E-state index contributed by atoms with van der Waals surface area (Å²) in [5.74, 6) is 0.861. The molecule has 3 aromatic carbocycles. The standard InChI is InChI=1S/C23H19BrCl2N2O3/c1-30-21-11-17(13-27-28-22(29)12-15-5-3-2-4-6-15)9-18(24)23(21)31-14-16-7-8-19(25)20(26)10-16/h2-11,13H,12,14H2,1H3,(H,28,29)/b27-13-. The highest BCUT2D eigenvalue weighted by molar-refractivity contribution is 9.10. The van der Waals surface area contributed by atoms with Gasteiger partial charge in [-0.15, -0.1) is 0 Å². The van der Waals surface area contributed by atoms with Gasteiger partial charge < -0.3 is 9.47 Å². The van der Waals surface area contributed by atoms with Crippen molar-refractivity contribution in [1.82, 2.24) is 5.43 Å². The van der Waals surface area contributed by atoms with E-state index in [4.69, 9.17) is 32.7 Å². The molecular formula is C23H19BrCl2N2O3. The average Bonchev–Trinajstić information content (AvgIpc) is 2.75. The summed E-state index contributed by atoms with van der Waals surface area (Å²) in [5, 5.41) is 4.98. The molecule has 0 aliphatic heterocycles. The summed E-state index contributed by atoms with van der Waals surface area (Å²) in [6, 6.07) is 18.4. The van der Waals surface area contributed by atoms with Crippen LogP contribution < -0.4 is 14.9 Å². The number of ether oxygens (including phenoxy) is 2. The molecule has 1 N–H and O–H groups in total. The van der Waals surface area contributed by atoms with Crippen LogP contribution in [0.3, 0.4) is 0 Å². The highest BCUT2D eigenvalue weighted by atomic mass is 79.9. The predicted octanol–water partition coefficient (Wildman–Crippen LogP) is 6.04. The van der Waals surface area contributed by atoms with Crippen LogP contribution in [0.25, 0.3) is 0 Å². The summed E-state index contributed by atoms with van der Waals surface area (Å²) in [7, 11) is 1.55. The van der Waals surface area contributed by atoms with Crippen molar-refractivity contribution in [1.29, 1.82) is 0 Å². The van der Waals surface area contributed by atoms with Gasteiger partial charge in [0.1, 0.15) is 6.61 Å². The molecule has 0 aliphatic carbocycles. The van der Waals surface area contributed by atoms with Crippen molar-refractivity contribution in [2.75, 3.05) is 7.11 Å². The van der Waals surface area contributed by atoms with Gasteiger partial charge in [0, 0.05) is 0 Å². The Morgan fingerprint density at radius 2 is 1.84 bits per heavy atom. The highest BCUT2D eigenvalue weighted by Gasteiger charge is 2.12. The minimum absolute atomic E-state index is 0.199. The van der Waals surface area contributed by atoms with Gasteiger partial charge in [-0.1, -0.05) is 59.6 Å². The van der Waals surface area contributed by atoms with Crippen LogP contribution in [0.4, 0.5) is 0 Å². The molecule has 0 fully saturated rings. The molecule has 0 saturated heterocycles. The van der Waals surface area contributed by atoms with E-state index in [0.29, 0.717) is 26.0 Å². The molecule has 8 heteroatoms. The van der Waals surface area contributed by atoms with E-state index in [9.17, 15) is 4.79 Å². The summed E-state index contributed by atoms with van der Waals surface area (Å²) in [6.45, 7) is 0.287. The fourth-order valence-corrected chi connectivity index (χ4v) is 3.63. The largest absolute Gasteiger partial charge is 0.493 e. The van der Waals surface area contributed by atoms with Crippen molar-refractivity contribution in [2.24, 2.45) is 5.10 Å². The SMILES string of the molecule is COc1cc(/C=N\NC(=O)Cc2ccccc2)cc(Br)c1OCc1ccc(Cl)c(Cl)c1. The van der Waals surface area contributed by atoms with Crippen molar-refractivity contribution in [2.45, 2.75) is 13.0 Å². The molecule has 0 aliphatic rings. The zero-order valence-electron chi connectivity index (χ0n) is 16.6. The molecular weight excluding hydrogens is 503 g/mol. The topological polar surface area (TPSA) is 59.9 Å². The Bertz CT molecular complexity index is 1090. The molecule has 31 heavy (non-hydrogen) atoms. The Morgan fingerprint density at radius 1 is 1.06 bits per heavy atom. The van der Waals surface area contributed by atoms with Crippen molar-refractivity contribution < 1.29 is 14.3 Å². The zero-order valence-corrected chi connectivity index (χ0v) is 19.7. The Kier molecular flexibility index (Phi) is 8.35. The maximum absolute atomic E-state index is 12.0. The smallest absolute Gasteiger partial charge is 0.244 e.